The monoisotopic (exact) mass is 308 g/mol. The Kier molecular flexibility index (Phi) is 4.06. The molecule has 0 spiro atoms. The average molecular weight is 308 g/mol. The molecule has 1 heterocycles. The van der Waals surface area contributed by atoms with Crippen LogP contribution in [0.25, 0.3) is 0 Å². The molecule has 4 N–H and O–H groups in total. The van der Waals surface area contributed by atoms with Crippen LogP contribution in [0.2, 0.25) is 0 Å². The highest BCUT2D eigenvalue weighted by atomic mass is 32.2. The summed E-state index contributed by atoms with van der Waals surface area (Å²) in [7, 11) is -3.66. The maximum atomic E-state index is 12.7. The van der Waals surface area contributed by atoms with Crippen molar-refractivity contribution in [3.8, 4) is 0 Å². The number of aromatic nitrogens is 2. The van der Waals surface area contributed by atoms with Crippen LogP contribution in [-0.4, -0.2) is 18.6 Å². The van der Waals surface area contributed by atoms with Crippen LogP contribution in [0.5, 0.6) is 0 Å². The summed E-state index contributed by atoms with van der Waals surface area (Å²) in [5.74, 6) is 0. The Balaban J connectivity index is 2.46. The van der Waals surface area contributed by atoms with Crippen LogP contribution in [0.4, 0.5) is 5.69 Å². The normalized spacial score (nSPS) is 13.3. The summed E-state index contributed by atoms with van der Waals surface area (Å²) >= 11 is 0. The van der Waals surface area contributed by atoms with E-state index in [-0.39, 0.29) is 10.9 Å². The highest BCUT2D eigenvalue weighted by Crippen LogP contribution is 2.28. The van der Waals surface area contributed by atoms with Gasteiger partial charge in [0.05, 0.1) is 11.1 Å². The van der Waals surface area contributed by atoms with Gasteiger partial charge in [-0.15, -0.1) is 0 Å². The van der Waals surface area contributed by atoms with E-state index in [2.05, 4.69) is 14.9 Å². The fourth-order valence-electron chi connectivity index (χ4n) is 2.30. The predicted molar refractivity (Wildman–Crippen MR) is 82.4 cm³/mol. The smallest absolute Gasteiger partial charge is 0.241 e. The van der Waals surface area contributed by atoms with Gasteiger partial charge in [0, 0.05) is 23.5 Å². The maximum absolute atomic E-state index is 12.7. The molecular formula is C14H20N4O2S. The Morgan fingerprint density at radius 2 is 1.95 bits per heavy atom. The van der Waals surface area contributed by atoms with Crippen LogP contribution in [-0.2, 0) is 10.0 Å². The second-order valence-corrected chi connectivity index (χ2v) is 6.89. The average Bonchev–Trinajstić information content (AvgIpc) is 2.89. The molecule has 1 aromatic carbocycles. The largest absolute Gasteiger partial charge is 0.398 e. The van der Waals surface area contributed by atoms with Crippen molar-refractivity contribution in [2.45, 2.75) is 38.6 Å². The lowest BCUT2D eigenvalue weighted by Crippen LogP contribution is -2.28. The van der Waals surface area contributed by atoms with Crippen molar-refractivity contribution in [2.75, 3.05) is 5.73 Å². The molecule has 21 heavy (non-hydrogen) atoms. The number of aromatic amines is 1. The van der Waals surface area contributed by atoms with Gasteiger partial charge in [0.25, 0.3) is 0 Å². The summed E-state index contributed by atoms with van der Waals surface area (Å²) in [6.45, 7) is 7.13. The molecular weight excluding hydrogens is 288 g/mol. The Labute approximate surface area is 124 Å². The Morgan fingerprint density at radius 1 is 1.29 bits per heavy atom. The standard InChI is InChI=1S/C14H20N4O2S/c1-8-5-13(15)10(3)14(9(8)2)21(19,20)18-11(4)12-6-16-17-7-12/h5-7,11,18H,15H2,1-4H3,(H,16,17). The van der Waals surface area contributed by atoms with Crippen LogP contribution in [0.15, 0.2) is 23.4 Å². The van der Waals surface area contributed by atoms with E-state index in [1.54, 1.807) is 39.2 Å². The molecule has 2 aromatic rings. The zero-order valence-corrected chi connectivity index (χ0v) is 13.4. The van der Waals surface area contributed by atoms with E-state index in [9.17, 15) is 8.42 Å². The molecule has 0 aliphatic heterocycles. The minimum absolute atomic E-state index is 0.260. The summed E-state index contributed by atoms with van der Waals surface area (Å²) in [5.41, 5.74) is 9.31. The van der Waals surface area contributed by atoms with Crippen LogP contribution >= 0.6 is 0 Å². The van der Waals surface area contributed by atoms with Crippen molar-refractivity contribution >= 4 is 15.7 Å². The number of hydrogen-bond donors (Lipinski definition) is 3. The van der Waals surface area contributed by atoms with Crippen molar-refractivity contribution < 1.29 is 8.42 Å². The van der Waals surface area contributed by atoms with Gasteiger partial charge in [0.2, 0.25) is 10.0 Å². The summed E-state index contributed by atoms with van der Waals surface area (Å²) in [4.78, 5) is 0.260. The number of anilines is 1. The number of aryl methyl sites for hydroxylation is 1. The van der Waals surface area contributed by atoms with Crippen molar-refractivity contribution in [1.82, 2.24) is 14.9 Å². The molecule has 0 saturated heterocycles. The first-order valence-corrected chi connectivity index (χ1v) is 8.09. The lowest BCUT2D eigenvalue weighted by Gasteiger charge is -2.18. The molecule has 0 aliphatic rings. The quantitative estimate of drug-likeness (QED) is 0.751. The Bertz CT molecular complexity index is 726. The highest BCUT2D eigenvalue weighted by molar-refractivity contribution is 7.89. The molecule has 1 aromatic heterocycles. The molecule has 0 saturated carbocycles. The lowest BCUT2D eigenvalue weighted by atomic mass is 10.1. The Hall–Kier alpha value is -1.86. The van der Waals surface area contributed by atoms with Gasteiger partial charge in [0.15, 0.2) is 0 Å². The highest BCUT2D eigenvalue weighted by Gasteiger charge is 2.24. The first-order valence-electron chi connectivity index (χ1n) is 6.61. The van der Waals surface area contributed by atoms with E-state index in [0.29, 0.717) is 16.8 Å². The van der Waals surface area contributed by atoms with Gasteiger partial charge in [-0.1, -0.05) is 0 Å². The van der Waals surface area contributed by atoms with Gasteiger partial charge < -0.3 is 5.73 Å². The van der Waals surface area contributed by atoms with Crippen molar-refractivity contribution in [1.29, 1.82) is 0 Å². The fourth-order valence-corrected chi connectivity index (χ4v) is 4.11. The van der Waals surface area contributed by atoms with E-state index >= 15 is 0 Å². The van der Waals surface area contributed by atoms with Gasteiger partial charge in [0.1, 0.15) is 0 Å². The number of rotatable bonds is 4. The van der Waals surface area contributed by atoms with Crippen LogP contribution in [0.3, 0.4) is 0 Å². The zero-order valence-electron chi connectivity index (χ0n) is 12.6. The summed E-state index contributed by atoms with van der Waals surface area (Å²) < 4.78 is 28.0. The summed E-state index contributed by atoms with van der Waals surface area (Å²) in [6, 6.07) is 1.41. The van der Waals surface area contributed by atoms with Crippen LogP contribution < -0.4 is 10.5 Å². The van der Waals surface area contributed by atoms with Crippen LogP contribution in [0, 0.1) is 20.8 Å². The molecule has 2 rings (SSSR count). The van der Waals surface area contributed by atoms with E-state index in [1.807, 2.05) is 6.92 Å². The topological polar surface area (TPSA) is 101 Å². The molecule has 0 amide bonds. The minimum Gasteiger partial charge on any atom is -0.398 e. The molecule has 7 heteroatoms. The van der Waals surface area contributed by atoms with Gasteiger partial charge in [-0.05, 0) is 50.5 Å². The molecule has 1 unspecified atom stereocenters. The lowest BCUT2D eigenvalue weighted by molar-refractivity contribution is 0.565. The number of sulfonamides is 1. The zero-order chi connectivity index (χ0) is 15.8. The molecule has 0 aliphatic carbocycles. The first kappa shape index (κ1) is 15.5. The minimum atomic E-state index is -3.66. The number of H-pyrrole nitrogens is 1. The molecule has 0 bridgehead atoms. The van der Waals surface area contributed by atoms with Gasteiger partial charge in [-0.25, -0.2) is 13.1 Å². The third-order valence-electron chi connectivity index (χ3n) is 3.70. The third kappa shape index (κ3) is 2.93. The van der Waals surface area contributed by atoms with Crippen molar-refractivity contribution in [3.63, 3.8) is 0 Å². The second kappa shape index (κ2) is 5.50. The van der Waals surface area contributed by atoms with E-state index in [4.69, 9.17) is 5.73 Å². The van der Waals surface area contributed by atoms with E-state index in [1.165, 1.54) is 0 Å². The summed E-state index contributed by atoms with van der Waals surface area (Å²) in [6.07, 6.45) is 3.26. The summed E-state index contributed by atoms with van der Waals surface area (Å²) in [5, 5.41) is 6.50. The molecule has 0 fully saturated rings. The van der Waals surface area contributed by atoms with Gasteiger partial charge in [-0.3, -0.25) is 5.10 Å². The molecule has 6 nitrogen and oxygen atoms in total. The van der Waals surface area contributed by atoms with Gasteiger partial charge in [-0.2, -0.15) is 5.10 Å². The van der Waals surface area contributed by atoms with Crippen molar-refractivity contribution in [3.05, 3.63) is 40.7 Å². The van der Waals surface area contributed by atoms with Crippen molar-refractivity contribution in [2.24, 2.45) is 0 Å². The number of benzene rings is 1. The number of nitrogen functional groups attached to an aromatic ring is 1. The molecule has 114 valence electrons. The first-order chi connectivity index (χ1) is 9.74. The number of nitrogens with zero attached hydrogens (tertiary/aromatic N) is 1. The third-order valence-corrected chi connectivity index (χ3v) is 5.51. The van der Waals surface area contributed by atoms with Crippen LogP contribution in [0.1, 0.15) is 35.2 Å². The van der Waals surface area contributed by atoms with E-state index < -0.39 is 10.0 Å². The second-order valence-electron chi connectivity index (χ2n) is 5.24. The maximum Gasteiger partial charge on any atom is 0.241 e. The van der Waals surface area contributed by atoms with Gasteiger partial charge >= 0.3 is 0 Å². The number of hydrogen-bond acceptors (Lipinski definition) is 4. The Morgan fingerprint density at radius 3 is 2.52 bits per heavy atom. The SMILES string of the molecule is Cc1cc(N)c(C)c(S(=O)(=O)NC(C)c2cn[nH]c2)c1C. The number of nitrogens with two attached hydrogens (primary N) is 1. The molecule has 1 atom stereocenters. The number of nitrogens with one attached hydrogen (secondary N) is 2. The molecule has 0 radical (unpaired) electrons. The predicted octanol–water partition coefficient (Wildman–Crippen LogP) is 1.96. The van der Waals surface area contributed by atoms with E-state index in [0.717, 1.165) is 11.1 Å². The fraction of sp³-hybridized carbons (Fsp3) is 0.357.